The lowest BCUT2D eigenvalue weighted by atomic mass is 10.1. The van der Waals surface area contributed by atoms with E-state index in [0.717, 1.165) is 10.4 Å². The van der Waals surface area contributed by atoms with Gasteiger partial charge in [0.1, 0.15) is 17.2 Å². The van der Waals surface area contributed by atoms with Crippen molar-refractivity contribution in [1.82, 2.24) is 15.3 Å². The van der Waals surface area contributed by atoms with Gasteiger partial charge in [0.2, 0.25) is 0 Å². The zero-order valence-corrected chi connectivity index (χ0v) is 15.5. The van der Waals surface area contributed by atoms with E-state index in [-0.39, 0.29) is 24.2 Å². The molecule has 8 heteroatoms. The molecule has 0 saturated carbocycles. The predicted octanol–water partition coefficient (Wildman–Crippen LogP) is 2.67. The van der Waals surface area contributed by atoms with Gasteiger partial charge in [-0.25, -0.2) is 4.98 Å². The van der Waals surface area contributed by atoms with E-state index in [0.29, 0.717) is 30.0 Å². The van der Waals surface area contributed by atoms with E-state index in [1.54, 1.807) is 12.3 Å². The summed E-state index contributed by atoms with van der Waals surface area (Å²) in [6.45, 7) is 2.63. The number of aryl methyl sites for hydroxylation is 1. The zero-order valence-electron chi connectivity index (χ0n) is 14.7. The number of nitrogens with one attached hydrogen (secondary N) is 1. The number of pyridine rings is 2. The van der Waals surface area contributed by atoms with Crippen LogP contribution in [-0.4, -0.2) is 46.3 Å². The first-order chi connectivity index (χ1) is 13.1. The molecule has 7 nitrogen and oxygen atoms in total. The fraction of sp³-hybridized carbons (Fsp3) is 0.316. The number of rotatable bonds is 4. The number of aliphatic hydroxyl groups excluding tert-OH is 1. The van der Waals surface area contributed by atoms with Crippen molar-refractivity contribution in [2.45, 2.75) is 25.5 Å². The Labute approximate surface area is 160 Å². The van der Waals surface area contributed by atoms with E-state index in [9.17, 15) is 9.90 Å². The van der Waals surface area contributed by atoms with Gasteiger partial charge in [0.05, 0.1) is 35.2 Å². The zero-order chi connectivity index (χ0) is 18.8. The standard InChI is InChI=1S/C19H19N3O4S/c1-11-2-3-12(9-20-11)26-17-8-15(21-14-5-7-27-18(14)17)19(24)22-13-4-6-25-10-16(13)23/h2-3,5,7-9,13,16,23H,4,6,10H2,1H3,(H,22,24)/t13-,16-/m0/s1. The maximum atomic E-state index is 12.7. The van der Waals surface area contributed by atoms with Crippen LogP contribution in [0.1, 0.15) is 22.6 Å². The van der Waals surface area contributed by atoms with Crippen LogP contribution in [0.2, 0.25) is 0 Å². The number of aromatic nitrogens is 2. The number of carbonyl (C=O) groups is 1. The molecule has 0 radical (unpaired) electrons. The largest absolute Gasteiger partial charge is 0.454 e. The third-order valence-electron chi connectivity index (χ3n) is 4.36. The Kier molecular flexibility index (Phi) is 5.02. The molecule has 3 aromatic heterocycles. The topological polar surface area (TPSA) is 93.6 Å². The Bertz CT molecular complexity index is 957. The second-order valence-electron chi connectivity index (χ2n) is 6.39. The van der Waals surface area contributed by atoms with Crippen molar-refractivity contribution < 1.29 is 19.4 Å². The van der Waals surface area contributed by atoms with Gasteiger partial charge in [-0.2, -0.15) is 0 Å². The highest BCUT2D eigenvalue weighted by molar-refractivity contribution is 7.17. The molecule has 0 unspecified atom stereocenters. The fourth-order valence-corrected chi connectivity index (χ4v) is 3.68. The van der Waals surface area contributed by atoms with E-state index >= 15 is 0 Å². The first kappa shape index (κ1) is 17.8. The smallest absolute Gasteiger partial charge is 0.270 e. The van der Waals surface area contributed by atoms with Crippen molar-refractivity contribution in [3.63, 3.8) is 0 Å². The lowest BCUT2D eigenvalue weighted by molar-refractivity contribution is -0.0261. The highest BCUT2D eigenvalue weighted by atomic mass is 32.1. The molecule has 1 aliphatic heterocycles. The highest BCUT2D eigenvalue weighted by Crippen LogP contribution is 2.33. The van der Waals surface area contributed by atoms with Crippen LogP contribution in [0.25, 0.3) is 10.2 Å². The summed E-state index contributed by atoms with van der Waals surface area (Å²) in [6.07, 6.45) is 1.49. The first-order valence-electron chi connectivity index (χ1n) is 8.65. The number of nitrogens with zero attached hydrogens (tertiary/aromatic N) is 2. The Morgan fingerprint density at radius 3 is 3.07 bits per heavy atom. The molecule has 0 bridgehead atoms. The molecular weight excluding hydrogens is 366 g/mol. The van der Waals surface area contributed by atoms with Gasteiger partial charge < -0.3 is 19.9 Å². The lowest BCUT2D eigenvalue weighted by Gasteiger charge is -2.28. The van der Waals surface area contributed by atoms with Gasteiger partial charge in [0, 0.05) is 18.4 Å². The third kappa shape index (κ3) is 3.92. The average Bonchev–Trinajstić information content (AvgIpc) is 3.14. The minimum Gasteiger partial charge on any atom is -0.454 e. The van der Waals surface area contributed by atoms with Crippen molar-refractivity contribution in [2.24, 2.45) is 0 Å². The summed E-state index contributed by atoms with van der Waals surface area (Å²) in [4.78, 5) is 21.3. The summed E-state index contributed by atoms with van der Waals surface area (Å²) in [5.41, 5.74) is 1.83. The van der Waals surface area contributed by atoms with Crippen LogP contribution >= 0.6 is 11.3 Å². The molecule has 2 atom stereocenters. The SMILES string of the molecule is Cc1ccc(Oc2cc(C(=O)N[C@H]3CCOC[C@@H]3O)nc3ccsc23)cn1. The summed E-state index contributed by atoms with van der Waals surface area (Å²) in [5, 5.41) is 14.7. The van der Waals surface area contributed by atoms with Gasteiger partial charge >= 0.3 is 0 Å². The van der Waals surface area contributed by atoms with Crippen LogP contribution < -0.4 is 10.1 Å². The number of hydrogen-bond donors (Lipinski definition) is 2. The molecule has 3 aromatic rings. The van der Waals surface area contributed by atoms with Gasteiger partial charge in [0.25, 0.3) is 5.91 Å². The van der Waals surface area contributed by atoms with Crippen LogP contribution in [0.15, 0.2) is 35.8 Å². The number of fused-ring (bicyclic) bond motifs is 1. The monoisotopic (exact) mass is 385 g/mol. The van der Waals surface area contributed by atoms with Crippen molar-refractivity contribution >= 4 is 27.5 Å². The molecule has 1 amide bonds. The molecule has 4 heterocycles. The molecule has 4 rings (SSSR count). The molecule has 0 aliphatic carbocycles. The van der Waals surface area contributed by atoms with E-state index < -0.39 is 6.10 Å². The van der Waals surface area contributed by atoms with Gasteiger partial charge in [-0.05, 0) is 36.9 Å². The lowest BCUT2D eigenvalue weighted by Crippen LogP contribution is -2.48. The van der Waals surface area contributed by atoms with Crippen molar-refractivity contribution in [3.8, 4) is 11.5 Å². The van der Waals surface area contributed by atoms with E-state index in [1.165, 1.54) is 11.3 Å². The molecule has 0 spiro atoms. The van der Waals surface area contributed by atoms with Crippen LogP contribution in [0.3, 0.4) is 0 Å². The van der Waals surface area contributed by atoms with E-state index in [1.807, 2.05) is 30.5 Å². The number of hydrogen-bond acceptors (Lipinski definition) is 7. The summed E-state index contributed by atoms with van der Waals surface area (Å²) in [5.74, 6) is 0.798. The molecule has 27 heavy (non-hydrogen) atoms. The van der Waals surface area contributed by atoms with E-state index in [2.05, 4.69) is 15.3 Å². The van der Waals surface area contributed by atoms with Crippen molar-refractivity contribution in [3.05, 3.63) is 47.2 Å². The highest BCUT2D eigenvalue weighted by Gasteiger charge is 2.26. The summed E-state index contributed by atoms with van der Waals surface area (Å²) in [7, 11) is 0. The number of aliphatic hydroxyl groups is 1. The quantitative estimate of drug-likeness (QED) is 0.717. The number of thiophene rings is 1. The Morgan fingerprint density at radius 1 is 1.41 bits per heavy atom. The maximum absolute atomic E-state index is 12.7. The second kappa shape index (κ2) is 7.59. The number of carbonyl (C=O) groups excluding carboxylic acids is 1. The molecule has 1 saturated heterocycles. The Hall–Kier alpha value is -2.55. The minimum atomic E-state index is -0.720. The Balaban J connectivity index is 1.61. The van der Waals surface area contributed by atoms with Crippen molar-refractivity contribution in [1.29, 1.82) is 0 Å². The summed E-state index contributed by atoms with van der Waals surface area (Å²) in [6, 6.07) is 6.82. The van der Waals surface area contributed by atoms with E-state index in [4.69, 9.17) is 9.47 Å². The number of amides is 1. The predicted molar refractivity (Wildman–Crippen MR) is 101 cm³/mol. The fourth-order valence-electron chi connectivity index (χ4n) is 2.89. The first-order valence-corrected chi connectivity index (χ1v) is 9.53. The summed E-state index contributed by atoms with van der Waals surface area (Å²) < 4.78 is 12.0. The Morgan fingerprint density at radius 2 is 2.30 bits per heavy atom. The molecule has 1 fully saturated rings. The minimum absolute atomic E-state index is 0.219. The number of ether oxygens (including phenoxy) is 2. The van der Waals surface area contributed by atoms with Gasteiger partial charge in [0.15, 0.2) is 0 Å². The average molecular weight is 385 g/mol. The van der Waals surface area contributed by atoms with Crippen molar-refractivity contribution in [2.75, 3.05) is 13.2 Å². The maximum Gasteiger partial charge on any atom is 0.270 e. The summed E-state index contributed by atoms with van der Waals surface area (Å²) >= 11 is 1.50. The third-order valence-corrected chi connectivity index (χ3v) is 5.28. The van der Waals surface area contributed by atoms with Crippen LogP contribution in [0, 0.1) is 6.92 Å². The molecule has 0 aromatic carbocycles. The van der Waals surface area contributed by atoms with Crippen LogP contribution in [-0.2, 0) is 4.74 Å². The molecule has 2 N–H and O–H groups in total. The van der Waals surface area contributed by atoms with Gasteiger partial charge in [-0.3, -0.25) is 9.78 Å². The van der Waals surface area contributed by atoms with Gasteiger partial charge in [-0.15, -0.1) is 11.3 Å². The van der Waals surface area contributed by atoms with Crippen LogP contribution in [0.5, 0.6) is 11.5 Å². The van der Waals surface area contributed by atoms with Crippen LogP contribution in [0.4, 0.5) is 0 Å². The molecular formula is C19H19N3O4S. The second-order valence-corrected chi connectivity index (χ2v) is 7.30. The van der Waals surface area contributed by atoms with Gasteiger partial charge in [-0.1, -0.05) is 0 Å². The molecule has 1 aliphatic rings. The molecule has 140 valence electrons. The normalized spacial score (nSPS) is 19.8.